The summed E-state index contributed by atoms with van der Waals surface area (Å²) in [5, 5.41) is 0. The van der Waals surface area contributed by atoms with Gasteiger partial charge in [0, 0.05) is 24.2 Å². The van der Waals surface area contributed by atoms with Crippen LogP contribution in [0.1, 0.15) is 16.8 Å². The van der Waals surface area contributed by atoms with Crippen LogP contribution in [0.4, 0.5) is 14.5 Å². The Morgan fingerprint density at radius 2 is 1.73 bits per heavy atom. The van der Waals surface area contributed by atoms with Gasteiger partial charge in [0.15, 0.2) is 0 Å². The van der Waals surface area contributed by atoms with Crippen LogP contribution in [0.15, 0.2) is 48.5 Å². The third kappa shape index (κ3) is 3.85. The maximum Gasteiger partial charge on any atom is 0.269 e. The third-order valence-corrected chi connectivity index (χ3v) is 4.02. The van der Waals surface area contributed by atoms with Gasteiger partial charge in [0.25, 0.3) is 5.91 Å². The Morgan fingerprint density at radius 1 is 1.00 bits per heavy atom. The minimum atomic E-state index is -0.669. The van der Waals surface area contributed by atoms with Crippen LogP contribution >= 0.6 is 0 Å². The number of hydrogen-bond donors (Lipinski definition) is 2. The van der Waals surface area contributed by atoms with Gasteiger partial charge < -0.3 is 4.90 Å². The highest BCUT2D eigenvalue weighted by atomic mass is 19.1. The van der Waals surface area contributed by atoms with E-state index in [1.807, 2.05) is 0 Å². The Kier molecular flexibility index (Phi) is 4.92. The summed E-state index contributed by atoms with van der Waals surface area (Å²) < 4.78 is 26.1. The molecule has 134 valence electrons. The first-order valence-electron chi connectivity index (χ1n) is 7.86. The molecular weight excluding hydrogens is 344 g/mol. The van der Waals surface area contributed by atoms with E-state index in [-0.39, 0.29) is 24.4 Å². The molecule has 0 unspecified atom stereocenters. The predicted molar refractivity (Wildman–Crippen MR) is 88.9 cm³/mol. The number of nitrogens with zero attached hydrogens (tertiary/aromatic N) is 1. The van der Waals surface area contributed by atoms with Gasteiger partial charge in [-0.2, -0.15) is 0 Å². The molecule has 2 N–H and O–H groups in total. The fraction of sp³-hybridized carbons (Fsp3) is 0.167. The Hall–Kier alpha value is -3.29. The third-order valence-electron chi connectivity index (χ3n) is 4.02. The first-order chi connectivity index (χ1) is 12.4. The molecule has 0 aliphatic carbocycles. The summed E-state index contributed by atoms with van der Waals surface area (Å²) in [6.45, 7) is 0.117. The lowest BCUT2D eigenvalue weighted by molar-refractivity contribution is -0.126. The van der Waals surface area contributed by atoms with E-state index in [1.54, 1.807) is 0 Å². The van der Waals surface area contributed by atoms with Crippen molar-refractivity contribution in [2.45, 2.75) is 6.42 Å². The van der Waals surface area contributed by atoms with Gasteiger partial charge in [0.05, 0.1) is 5.92 Å². The van der Waals surface area contributed by atoms with Gasteiger partial charge in [-0.3, -0.25) is 25.2 Å². The Bertz CT molecular complexity index is 855. The monoisotopic (exact) mass is 359 g/mol. The van der Waals surface area contributed by atoms with E-state index >= 15 is 0 Å². The lowest BCUT2D eigenvalue weighted by Crippen LogP contribution is -2.45. The summed E-state index contributed by atoms with van der Waals surface area (Å²) in [5.74, 6) is -3.13. The number of nitrogens with one attached hydrogen (secondary N) is 2. The Morgan fingerprint density at radius 3 is 2.42 bits per heavy atom. The zero-order chi connectivity index (χ0) is 18.7. The summed E-state index contributed by atoms with van der Waals surface area (Å²) in [6.07, 6.45) is -0.0287. The van der Waals surface area contributed by atoms with E-state index in [2.05, 4.69) is 10.9 Å². The number of anilines is 1. The summed E-state index contributed by atoms with van der Waals surface area (Å²) in [5.41, 5.74) is 4.99. The average molecular weight is 359 g/mol. The van der Waals surface area contributed by atoms with E-state index in [0.717, 1.165) is 6.07 Å². The first-order valence-corrected chi connectivity index (χ1v) is 7.86. The highest BCUT2D eigenvalue weighted by molar-refractivity contribution is 6.01. The molecule has 1 aliphatic heterocycles. The molecule has 1 atom stereocenters. The predicted octanol–water partition coefficient (Wildman–Crippen LogP) is 1.78. The molecule has 6 nitrogen and oxygen atoms in total. The fourth-order valence-corrected chi connectivity index (χ4v) is 2.68. The molecule has 1 aliphatic rings. The van der Waals surface area contributed by atoms with Crippen LogP contribution in [-0.4, -0.2) is 24.3 Å². The molecule has 0 aromatic heterocycles. The van der Waals surface area contributed by atoms with Crippen molar-refractivity contribution in [1.82, 2.24) is 10.9 Å². The lowest BCUT2D eigenvalue weighted by atomic mass is 10.1. The van der Waals surface area contributed by atoms with E-state index in [4.69, 9.17) is 0 Å². The Balaban J connectivity index is 1.58. The number of benzene rings is 2. The van der Waals surface area contributed by atoms with Crippen LogP contribution in [0.2, 0.25) is 0 Å². The SMILES string of the molecule is O=C(NNC(=O)[C@H]1CC(=O)N(c2ccc(F)cc2)C1)c1cccc(F)c1. The molecule has 3 amide bonds. The fourth-order valence-electron chi connectivity index (χ4n) is 2.68. The van der Waals surface area contributed by atoms with Crippen molar-refractivity contribution in [3.63, 3.8) is 0 Å². The number of rotatable bonds is 3. The number of carbonyl (C=O) groups is 3. The zero-order valence-electron chi connectivity index (χ0n) is 13.5. The van der Waals surface area contributed by atoms with Gasteiger partial charge >= 0.3 is 0 Å². The van der Waals surface area contributed by atoms with Gasteiger partial charge in [0.1, 0.15) is 11.6 Å². The van der Waals surface area contributed by atoms with Crippen molar-refractivity contribution in [3.05, 3.63) is 65.7 Å². The van der Waals surface area contributed by atoms with Crippen LogP contribution in [0, 0.1) is 17.6 Å². The number of amides is 3. The maximum atomic E-state index is 13.1. The van der Waals surface area contributed by atoms with Crippen molar-refractivity contribution in [2.75, 3.05) is 11.4 Å². The molecule has 1 heterocycles. The largest absolute Gasteiger partial charge is 0.312 e. The highest BCUT2D eigenvalue weighted by Crippen LogP contribution is 2.25. The van der Waals surface area contributed by atoms with Gasteiger partial charge in [0.2, 0.25) is 11.8 Å². The molecule has 2 aromatic rings. The number of carbonyl (C=O) groups excluding carboxylic acids is 3. The second-order valence-corrected chi connectivity index (χ2v) is 5.84. The van der Waals surface area contributed by atoms with Crippen LogP contribution in [0.25, 0.3) is 0 Å². The van der Waals surface area contributed by atoms with Crippen molar-refractivity contribution < 1.29 is 23.2 Å². The molecule has 0 radical (unpaired) electrons. The standard InChI is InChI=1S/C18H15F2N3O3/c19-13-4-6-15(7-5-13)23-10-12(9-16(23)24)18(26)22-21-17(25)11-2-1-3-14(20)8-11/h1-8,12H,9-10H2,(H,21,25)(H,22,26)/t12-/m0/s1. The smallest absolute Gasteiger partial charge is 0.269 e. The van der Waals surface area contributed by atoms with E-state index in [0.29, 0.717) is 5.69 Å². The van der Waals surface area contributed by atoms with Gasteiger partial charge in [-0.25, -0.2) is 8.78 Å². The quantitative estimate of drug-likeness (QED) is 0.820. The summed E-state index contributed by atoms with van der Waals surface area (Å²) in [4.78, 5) is 37.6. The van der Waals surface area contributed by atoms with Crippen molar-refractivity contribution >= 4 is 23.4 Å². The summed E-state index contributed by atoms with van der Waals surface area (Å²) in [6, 6.07) is 10.4. The molecule has 0 bridgehead atoms. The number of halogens is 2. The minimum absolute atomic E-state index is 0.0287. The maximum absolute atomic E-state index is 13.1. The molecule has 2 aromatic carbocycles. The first kappa shape index (κ1) is 17.5. The van der Waals surface area contributed by atoms with E-state index < -0.39 is 29.4 Å². The van der Waals surface area contributed by atoms with Gasteiger partial charge in [-0.15, -0.1) is 0 Å². The normalized spacial score (nSPS) is 16.5. The van der Waals surface area contributed by atoms with E-state index in [9.17, 15) is 23.2 Å². The minimum Gasteiger partial charge on any atom is -0.312 e. The topological polar surface area (TPSA) is 78.5 Å². The molecule has 3 rings (SSSR count). The molecule has 1 fully saturated rings. The summed E-state index contributed by atoms with van der Waals surface area (Å²) >= 11 is 0. The number of hydrogen-bond acceptors (Lipinski definition) is 3. The van der Waals surface area contributed by atoms with Crippen LogP contribution in [0.5, 0.6) is 0 Å². The Labute approximate surface area is 147 Å². The highest BCUT2D eigenvalue weighted by Gasteiger charge is 2.35. The number of hydrazine groups is 1. The van der Waals surface area contributed by atoms with Crippen LogP contribution in [-0.2, 0) is 9.59 Å². The molecule has 8 heteroatoms. The molecule has 1 saturated heterocycles. The molecule has 0 spiro atoms. The van der Waals surface area contributed by atoms with Crippen molar-refractivity contribution in [1.29, 1.82) is 0 Å². The molecule has 0 saturated carbocycles. The zero-order valence-corrected chi connectivity index (χ0v) is 13.5. The van der Waals surface area contributed by atoms with Crippen LogP contribution in [0.3, 0.4) is 0 Å². The lowest BCUT2D eigenvalue weighted by Gasteiger charge is -2.16. The van der Waals surface area contributed by atoms with E-state index in [1.165, 1.54) is 47.4 Å². The average Bonchev–Trinajstić information content (AvgIpc) is 3.02. The molecular formula is C18H15F2N3O3. The van der Waals surface area contributed by atoms with Gasteiger partial charge in [-0.1, -0.05) is 6.07 Å². The van der Waals surface area contributed by atoms with Crippen molar-refractivity contribution in [3.8, 4) is 0 Å². The second kappa shape index (κ2) is 7.30. The van der Waals surface area contributed by atoms with Gasteiger partial charge in [-0.05, 0) is 42.5 Å². The van der Waals surface area contributed by atoms with Crippen molar-refractivity contribution in [2.24, 2.45) is 5.92 Å². The molecule has 26 heavy (non-hydrogen) atoms. The van der Waals surface area contributed by atoms with Crippen LogP contribution < -0.4 is 15.8 Å². The summed E-state index contributed by atoms with van der Waals surface area (Å²) in [7, 11) is 0. The second-order valence-electron chi connectivity index (χ2n) is 5.84.